The second-order valence-electron chi connectivity index (χ2n) is 6.32. The van der Waals surface area contributed by atoms with Gasteiger partial charge in [-0.2, -0.15) is 0 Å². The molecule has 0 unspecified atom stereocenters. The van der Waals surface area contributed by atoms with Gasteiger partial charge in [0.05, 0.1) is 5.92 Å². The van der Waals surface area contributed by atoms with Gasteiger partial charge in [-0.05, 0) is 35.1 Å². The second-order valence-corrected chi connectivity index (χ2v) is 9.69. The van der Waals surface area contributed by atoms with E-state index in [1.54, 1.807) is 6.08 Å². The minimum atomic E-state index is -1.79. The third kappa shape index (κ3) is 4.50. The third-order valence-corrected chi connectivity index (χ3v) is 5.22. The van der Waals surface area contributed by atoms with Gasteiger partial charge in [0.25, 0.3) is 0 Å². The zero-order chi connectivity index (χ0) is 18.3. The lowest BCUT2D eigenvalue weighted by atomic mass is 10.1. The van der Waals surface area contributed by atoms with E-state index in [2.05, 4.69) is 5.32 Å². The Morgan fingerprint density at radius 1 is 1.25 bits per heavy atom. The van der Waals surface area contributed by atoms with Crippen LogP contribution in [0.3, 0.4) is 0 Å². The van der Waals surface area contributed by atoms with Crippen molar-refractivity contribution in [3.05, 3.63) is 46.2 Å². The molecule has 0 saturated heterocycles. The average Bonchev–Trinajstić information content (AvgIpc) is 2.96. The topological polar surface area (TPSA) is 29.1 Å². The van der Waals surface area contributed by atoms with Crippen LogP contribution in [-0.4, -0.2) is 9.70 Å². The summed E-state index contributed by atoms with van der Waals surface area (Å²) in [5.74, 6) is -1.15. The first kappa shape index (κ1) is 20.1. The smallest absolute Gasteiger partial charge is 0.224 e. The Morgan fingerprint density at radius 3 is 2.25 bits per heavy atom. The number of rotatable bonds is 4. The minimum Gasteiger partial charge on any atom is -0.345 e. The number of hydrogen-bond acceptors (Lipinski definition) is 1. The van der Waals surface area contributed by atoms with Crippen molar-refractivity contribution in [3.8, 4) is 0 Å². The minimum absolute atomic E-state index is 0.105. The van der Waals surface area contributed by atoms with Crippen molar-refractivity contribution < 1.29 is 9.18 Å². The van der Waals surface area contributed by atoms with Gasteiger partial charge in [-0.3, -0.25) is 4.79 Å². The SMILES string of the molecule is CC1(C)[C@H](C=C(Cl)Cl)[C@@H]1C(=O)N[C@H](c1ccc(F)cc1)C(Cl)(Cl)Cl. The molecule has 8 heteroatoms. The van der Waals surface area contributed by atoms with E-state index in [4.69, 9.17) is 58.0 Å². The van der Waals surface area contributed by atoms with E-state index in [1.807, 2.05) is 13.8 Å². The molecule has 1 fully saturated rings. The Morgan fingerprint density at radius 2 is 1.79 bits per heavy atom. The first-order valence-corrected chi connectivity index (χ1v) is 8.99. The lowest BCUT2D eigenvalue weighted by Gasteiger charge is -2.26. The van der Waals surface area contributed by atoms with Crippen molar-refractivity contribution in [2.45, 2.75) is 23.7 Å². The third-order valence-electron chi connectivity index (χ3n) is 4.32. The maximum atomic E-state index is 13.1. The Hall–Kier alpha value is -0.190. The maximum absolute atomic E-state index is 13.1. The molecular formula is C16H15Cl5FNO. The van der Waals surface area contributed by atoms with Crippen molar-refractivity contribution in [1.82, 2.24) is 5.32 Å². The zero-order valence-corrected chi connectivity index (χ0v) is 16.6. The van der Waals surface area contributed by atoms with Crippen LogP contribution >= 0.6 is 58.0 Å². The van der Waals surface area contributed by atoms with Crippen molar-refractivity contribution in [1.29, 1.82) is 0 Å². The van der Waals surface area contributed by atoms with E-state index < -0.39 is 15.7 Å². The van der Waals surface area contributed by atoms with E-state index in [-0.39, 0.29) is 27.6 Å². The van der Waals surface area contributed by atoms with E-state index in [0.717, 1.165) is 0 Å². The summed E-state index contributed by atoms with van der Waals surface area (Å²) in [6.45, 7) is 3.86. The average molecular weight is 434 g/mol. The Bertz CT molecular complexity index is 649. The molecule has 0 aromatic heterocycles. The van der Waals surface area contributed by atoms with Gasteiger partial charge in [0.1, 0.15) is 16.4 Å². The molecule has 1 aromatic carbocycles. The molecule has 1 saturated carbocycles. The van der Waals surface area contributed by atoms with Gasteiger partial charge in [0.15, 0.2) is 0 Å². The van der Waals surface area contributed by atoms with E-state index in [0.29, 0.717) is 5.56 Å². The molecule has 0 radical (unpaired) electrons. The molecule has 1 amide bonds. The Labute approximate surface area is 165 Å². The highest BCUT2D eigenvalue weighted by Gasteiger charge is 2.61. The molecule has 0 heterocycles. The van der Waals surface area contributed by atoms with Gasteiger partial charge in [0.2, 0.25) is 9.70 Å². The van der Waals surface area contributed by atoms with Crippen LogP contribution in [0.5, 0.6) is 0 Å². The lowest BCUT2D eigenvalue weighted by Crippen LogP contribution is -2.38. The van der Waals surface area contributed by atoms with Crippen LogP contribution in [0.2, 0.25) is 0 Å². The largest absolute Gasteiger partial charge is 0.345 e. The molecule has 0 spiro atoms. The van der Waals surface area contributed by atoms with E-state index in [9.17, 15) is 9.18 Å². The van der Waals surface area contributed by atoms with Gasteiger partial charge in [-0.25, -0.2) is 4.39 Å². The quantitative estimate of drug-likeness (QED) is 0.585. The first-order valence-electron chi connectivity index (χ1n) is 7.10. The highest BCUT2D eigenvalue weighted by atomic mass is 35.6. The summed E-state index contributed by atoms with van der Waals surface area (Å²) in [5, 5.41) is 2.74. The first-order chi connectivity index (χ1) is 10.9. The standard InChI is InChI=1S/C16H15Cl5FNO/c1-15(2)10(7-11(17)18)12(15)14(24)23-13(16(19,20)21)8-3-5-9(22)6-4-8/h3-7,10,12-13H,1-2H3,(H,23,24)/t10-,12-,13-/m1/s1. The molecule has 1 N–H and O–H groups in total. The van der Waals surface area contributed by atoms with Crippen molar-refractivity contribution in [2.75, 3.05) is 0 Å². The second kappa shape index (κ2) is 7.20. The summed E-state index contributed by atoms with van der Waals surface area (Å²) in [4.78, 5) is 12.6. The molecule has 2 nitrogen and oxygen atoms in total. The highest BCUT2D eigenvalue weighted by Crippen LogP contribution is 2.60. The molecule has 0 aliphatic heterocycles. The summed E-state index contributed by atoms with van der Waals surface area (Å²) >= 11 is 29.4. The molecule has 3 atom stereocenters. The molecular weight excluding hydrogens is 418 g/mol. The number of amides is 1. The summed E-state index contributed by atoms with van der Waals surface area (Å²) in [6, 6.07) is 4.50. The molecule has 24 heavy (non-hydrogen) atoms. The molecule has 1 aliphatic carbocycles. The number of carbonyl (C=O) groups is 1. The fourth-order valence-electron chi connectivity index (χ4n) is 2.87. The number of halogens is 6. The Balaban J connectivity index is 2.21. The number of hydrogen-bond donors (Lipinski definition) is 1. The fourth-order valence-corrected chi connectivity index (χ4v) is 3.68. The Kier molecular flexibility index (Phi) is 6.04. The fraction of sp³-hybridized carbons (Fsp3) is 0.438. The summed E-state index contributed by atoms with van der Waals surface area (Å²) in [7, 11) is 0. The number of allylic oxidation sites excluding steroid dienone is 1. The highest BCUT2D eigenvalue weighted by molar-refractivity contribution is 6.68. The summed E-state index contributed by atoms with van der Waals surface area (Å²) < 4.78 is 11.4. The number of benzene rings is 1. The van der Waals surface area contributed by atoms with Gasteiger partial charge < -0.3 is 5.32 Å². The van der Waals surface area contributed by atoms with Crippen LogP contribution < -0.4 is 5.32 Å². The maximum Gasteiger partial charge on any atom is 0.224 e. The van der Waals surface area contributed by atoms with Crippen LogP contribution in [-0.2, 0) is 4.79 Å². The van der Waals surface area contributed by atoms with Crippen molar-refractivity contribution in [3.63, 3.8) is 0 Å². The van der Waals surface area contributed by atoms with Gasteiger partial charge in [-0.1, -0.05) is 84.0 Å². The van der Waals surface area contributed by atoms with Crippen LogP contribution in [0.1, 0.15) is 25.5 Å². The molecule has 1 aliphatic rings. The molecule has 132 valence electrons. The molecule has 2 rings (SSSR count). The monoisotopic (exact) mass is 431 g/mol. The number of alkyl halides is 3. The normalized spacial score (nSPS) is 23.3. The molecule has 0 bridgehead atoms. The summed E-state index contributed by atoms with van der Waals surface area (Å²) in [5.41, 5.74) is 0.186. The van der Waals surface area contributed by atoms with Gasteiger partial charge in [-0.15, -0.1) is 0 Å². The zero-order valence-electron chi connectivity index (χ0n) is 12.8. The van der Waals surface area contributed by atoms with Crippen LogP contribution in [0.4, 0.5) is 4.39 Å². The van der Waals surface area contributed by atoms with Crippen LogP contribution in [0.25, 0.3) is 0 Å². The van der Waals surface area contributed by atoms with Crippen molar-refractivity contribution >= 4 is 63.9 Å². The number of nitrogens with one attached hydrogen (secondary N) is 1. The molecule has 1 aromatic rings. The predicted molar refractivity (Wildman–Crippen MR) is 98.1 cm³/mol. The lowest BCUT2D eigenvalue weighted by molar-refractivity contribution is -0.123. The van der Waals surface area contributed by atoms with Gasteiger partial charge in [0, 0.05) is 0 Å². The predicted octanol–water partition coefficient (Wildman–Crippen LogP) is 5.94. The van der Waals surface area contributed by atoms with Gasteiger partial charge >= 0.3 is 0 Å². The number of carbonyl (C=O) groups excluding carboxylic acids is 1. The van der Waals surface area contributed by atoms with Crippen molar-refractivity contribution in [2.24, 2.45) is 17.3 Å². The van der Waals surface area contributed by atoms with E-state index >= 15 is 0 Å². The summed E-state index contributed by atoms with van der Waals surface area (Å²) in [6.07, 6.45) is 1.63. The van der Waals surface area contributed by atoms with Crippen LogP contribution in [0.15, 0.2) is 34.8 Å². The van der Waals surface area contributed by atoms with E-state index in [1.165, 1.54) is 24.3 Å². The van der Waals surface area contributed by atoms with Crippen LogP contribution in [0, 0.1) is 23.1 Å².